The van der Waals surface area contributed by atoms with Gasteiger partial charge in [0.15, 0.2) is 0 Å². The number of piperazine rings is 1. The van der Waals surface area contributed by atoms with Gasteiger partial charge in [-0.25, -0.2) is 0 Å². The Morgan fingerprint density at radius 2 is 1.85 bits per heavy atom. The standard InChI is InChI=1S/C31H36BrN5O2/c1-20(2)29-28(31(39)33-12-7-13-37-16-14-36(3)15-17-37)27(21-8-5-4-6-9-21)26(34-29)19-24-23-18-22(32)10-11-25(23)35-30(24)38/h4-6,8-11,18-20,34H,7,12-17H2,1-3H3,(H,33,39)(H,35,38). The Kier molecular flexibility index (Phi) is 8.35. The van der Waals surface area contributed by atoms with E-state index in [4.69, 9.17) is 0 Å². The zero-order chi connectivity index (χ0) is 27.5. The first-order valence-electron chi connectivity index (χ1n) is 13.6. The molecule has 1 fully saturated rings. The maximum absolute atomic E-state index is 13.8. The van der Waals surface area contributed by atoms with Crippen molar-refractivity contribution in [2.24, 2.45) is 0 Å². The van der Waals surface area contributed by atoms with Gasteiger partial charge in [0.2, 0.25) is 0 Å². The Bertz CT molecular complexity index is 1390. The Labute approximate surface area is 238 Å². The number of fused-ring (bicyclic) bond motifs is 1. The van der Waals surface area contributed by atoms with Crippen molar-refractivity contribution in [3.05, 3.63) is 75.5 Å². The fourth-order valence-electron chi connectivity index (χ4n) is 5.33. The van der Waals surface area contributed by atoms with E-state index in [0.717, 1.165) is 77.4 Å². The van der Waals surface area contributed by atoms with Gasteiger partial charge in [0.1, 0.15) is 0 Å². The lowest BCUT2D eigenvalue weighted by Crippen LogP contribution is -2.45. The molecule has 8 heteroatoms. The highest BCUT2D eigenvalue weighted by molar-refractivity contribution is 9.10. The van der Waals surface area contributed by atoms with Crippen molar-refractivity contribution in [2.75, 3.05) is 51.6 Å². The summed E-state index contributed by atoms with van der Waals surface area (Å²) in [6, 6.07) is 15.7. The van der Waals surface area contributed by atoms with E-state index in [1.165, 1.54) is 0 Å². The number of aromatic amines is 1. The van der Waals surface area contributed by atoms with Crippen LogP contribution < -0.4 is 10.6 Å². The minimum Gasteiger partial charge on any atom is -0.357 e. The first-order valence-corrected chi connectivity index (χ1v) is 14.4. The summed E-state index contributed by atoms with van der Waals surface area (Å²) in [5, 5.41) is 6.15. The van der Waals surface area contributed by atoms with Crippen molar-refractivity contribution in [3.8, 4) is 11.1 Å². The zero-order valence-electron chi connectivity index (χ0n) is 22.8. The average molecular weight is 591 g/mol. The highest BCUT2D eigenvalue weighted by Crippen LogP contribution is 2.39. The second kappa shape index (κ2) is 11.9. The summed E-state index contributed by atoms with van der Waals surface area (Å²) < 4.78 is 0.901. The maximum atomic E-state index is 13.8. The molecule has 7 nitrogen and oxygen atoms in total. The van der Waals surface area contributed by atoms with Gasteiger partial charge in [0, 0.05) is 65.4 Å². The molecular formula is C31H36BrN5O2. The summed E-state index contributed by atoms with van der Waals surface area (Å²) in [7, 11) is 2.16. The average Bonchev–Trinajstić information content (AvgIpc) is 3.46. The van der Waals surface area contributed by atoms with Crippen LogP contribution in [0, 0.1) is 0 Å². The van der Waals surface area contributed by atoms with Crippen LogP contribution in [0.5, 0.6) is 0 Å². The summed E-state index contributed by atoms with van der Waals surface area (Å²) in [5.41, 5.74) is 6.21. The third-order valence-corrected chi connectivity index (χ3v) is 8.00. The summed E-state index contributed by atoms with van der Waals surface area (Å²) in [4.78, 5) is 35.1. The molecule has 0 spiro atoms. The number of halogens is 1. The molecule has 2 amide bonds. The van der Waals surface area contributed by atoms with E-state index in [1.54, 1.807) is 0 Å². The summed E-state index contributed by atoms with van der Waals surface area (Å²) >= 11 is 3.53. The second-order valence-electron chi connectivity index (χ2n) is 10.7. The molecule has 3 aromatic rings. The molecule has 2 aliphatic rings. The number of amides is 2. The fourth-order valence-corrected chi connectivity index (χ4v) is 5.69. The molecule has 0 aliphatic carbocycles. The van der Waals surface area contributed by atoms with Crippen molar-refractivity contribution in [1.29, 1.82) is 0 Å². The molecule has 204 valence electrons. The van der Waals surface area contributed by atoms with E-state index in [0.29, 0.717) is 17.7 Å². The molecule has 2 aromatic carbocycles. The highest BCUT2D eigenvalue weighted by atomic mass is 79.9. The molecule has 5 rings (SSSR count). The molecule has 0 atom stereocenters. The molecule has 0 unspecified atom stereocenters. The van der Waals surface area contributed by atoms with Gasteiger partial charge in [-0.05, 0) is 55.8 Å². The minimum absolute atomic E-state index is 0.0872. The number of benzene rings is 2. The van der Waals surface area contributed by atoms with Crippen LogP contribution in [-0.4, -0.2) is 72.9 Å². The molecule has 3 N–H and O–H groups in total. The van der Waals surface area contributed by atoms with Crippen LogP contribution in [0.1, 0.15) is 53.5 Å². The monoisotopic (exact) mass is 589 g/mol. The molecule has 39 heavy (non-hydrogen) atoms. The van der Waals surface area contributed by atoms with E-state index in [1.807, 2.05) is 54.6 Å². The number of rotatable bonds is 8. The number of H-pyrrole nitrogens is 1. The fraction of sp³-hybridized carbons (Fsp3) is 0.355. The number of likely N-dealkylation sites (N-methyl/N-ethyl adjacent to an activating group) is 1. The van der Waals surface area contributed by atoms with Gasteiger partial charge in [0.05, 0.1) is 11.1 Å². The van der Waals surface area contributed by atoms with Crippen molar-refractivity contribution in [3.63, 3.8) is 0 Å². The highest BCUT2D eigenvalue weighted by Gasteiger charge is 2.28. The Balaban J connectivity index is 1.47. The van der Waals surface area contributed by atoms with Crippen molar-refractivity contribution < 1.29 is 9.59 Å². The minimum atomic E-state index is -0.155. The van der Waals surface area contributed by atoms with E-state index in [-0.39, 0.29) is 17.7 Å². The topological polar surface area (TPSA) is 80.5 Å². The van der Waals surface area contributed by atoms with E-state index in [2.05, 4.69) is 62.2 Å². The molecule has 1 saturated heterocycles. The van der Waals surface area contributed by atoms with E-state index >= 15 is 0 Å². The number of hydrogen-bond acceptors (Lipinski definition) is 4. The lowest BCUT2D eigenvalue weighted by Gasteiger charge is -2.32. The molecular weight excluding hydrogens is 554 g/mol. The Hall–Kier alpha value is -3.20. The SMILES string of the molecule is CC(C)c1[nH]c(C=C2C(=O)Nc3ccc(Br)cc32)c(-c2ccccc2)c1C(=O)NCCCN1CCN(C)CC1. The van der Waals surface area contributed by atoms with Gasteiger partial charge in [-0.2, -0.15) is 0 Å². The lowest BCUT2D eigenvalue weighted by atomic mass is 9.95. The van der Waals surface area contributed by atoms with Crippen molar-refractivity contribution in [1.82, 2.24) is 20.1 Å². The number of nitrogens with zero attached hydrogens (tertiary/aromatic N) is 2. The molecule has 0 saturated carbocycles. The third-order valence-electron chi connectivity index (χ3n) is 7.51. The summed E-state index contributed by atoms with van der Waals surface area (Å²) in [6.07, 6.45) is 2.78. The van der Waals surface area contributed by atoms with Crippen molar-refractivity contribution in [2.45, 2.75) is 26.2 Å². The quantitative estimate of drug-likeness (QED) is 0.242. The first-order chi connectivity index (χ1) is 18.8. The van der Waals surface area contributed by atoms with Crippen LogP contribution in [0.2, 0.25) is 0 Å². The third kappa shape index (κ3) is 6.03. The Morgan fingerprint density at radius 1 is 1.10 bits per heavy atom. The first kappa shape index (κ1) is 27.4. The predicted molar refractivity (Wildman–Crippen MR) is 162 cm³/mol. The predicted octanol–water partition coefficient (Wildman–Crippen LogP) is 5.43. The summed E-state index contributed by atoms with van der Waals surface area (Å²) in [5.74, 6) is -0.155. The number of anilines is 1. The largest absolute Gasteiger partial charge is 0.357 e. The van der Waals surface area contributed by atoms with Crippen LogP contribution in [0.4, 0.5) is 5.69 Å². The molecule has 1 aromatic heterocycles. The summed E-state index contributed by atoms with van der Waals surface area (Å²) in [6.45, 7) is 10.1. The normalized spacial score (nSPS) is 17.1. The van der Waals surface area contributed by atoms with E-state index in [9.17, 15) is 9.59 Å². The van der Waals surface area contributed by atoms with Crippen LogP contribution in [0.25, 0.3) is 22.8 Å². The maximum Gasteiger partial charge on any atom is 0.256 e. The van der Waals surface area contributed by atoms with Gasteiger partial charge >= 0.3 is 0 Å². The Morgan fingerprint density at radius 3 is 2.56 bits per heavy atom. The lowest BCUT2D eigenvalue weighted by molar-refractivity contribution is -0.110. The van der Waals surface area contributed by atoms with Gasteiger partial charge in [0.25, 0.3) is 11.8 Å². The number of hydrogen-bond donors (Lipinski definition) is 3. The van der Waals surface area contributed by atoms with Crippen LogP contribution in [0.15, 0.2) is 53.0 Å². The molecule has 0 radical (unpaired) electrons. The smallest absolute Gasteiger partial charge is 0.256 e. The number of nitrogens with one attached hydrogen (secondary N) is 3. The van der Waals surface area contributed by atoms with Crippen LogP contribution in [-0.2, 0) is 4.79 Å². The molecule has 0 bridgehead atoms. The van der Waals surface area contributed by atoms with E-state index < -0.39 is 0 Å². The number of carbonyl (C=O) groups is 2. The van der Waals surface area contributed by atoms with Gasteiger partial charge in [-0.3, -0.25) is 9.59 Å². The second-order valence-corrected chi connectivity index (χ2v) is 11.6. The number of carbonyl (C=O) groups excluding carboxylic acids is 2. The van der Waals surface area contributed by atoms with Gasteiger partial charge < -0.3 is 25.4 Å². The van der Waals surface area contributed by atoms with Crippen LogP contribution >= 0.6 is 15.9 Å². The van der Waals surface area contributed by atoms with Gasteiger partial charge in [-0.15, -0.1) is 0 Å². The van der Waals surface area contributed by atoms with Gasteiger partial charge in [-0.1, -0.05) is 60.1 Å². The zero-order valence-corrected chi connectivity index (χ0v) is 24.4. The van der Waals surface area contributed by atoms with Crippen molar-refractivity contribution >= 4 is 45.1 Å². The number of aromatic nitrogens is 1. The van der Waals surface area contributed by atoms with Crippen LogP contribution in [0.3, 0.4) is 0 Å². The molecule has 3 heterocycles. The molecule has 2 aliphatic heterocycles.